The number of hydrogen-bond acceptors (Lipinski definition) is 4. The lowest BCUT2D eigenvalue weighted by Crippen LogP contribution is -2.23. The van der Waals surface area contributed by atoms with E-state index in [2.05, 4.69) is 28.3 Å². The summed E-state index contributed by atoms with van der Waals surface area (Å²) in [6.07, 6.45) is 4.26. The zero-order valence-electron chi connectivity index (χ0n) is 9.56. The molecule has 2 aromatic rings. The third-order valence-corrected chi connectivity index (χ3v) is 3.70. The second kappa shape index (κ2) is 6.10. The number of nitrogens with zero attached hydrogens (tertiary/aromatic N) is 2. The lowest BCUT2D eigenvalue weighted by Gasteiger charge is -2.16. The second-order valence-electron chi connectivity index (χ2n) is 3.65. The fourth-order valence-electron chi connectivity index (χ4n) is 1.70. The molecule has 1 atom stereocenters. The minimum Gasteiger partial charge on any atom is -0.309 e. The molecule has 2 heterocycles. The SMILES string of the molecule is CCNC(Cc1ccc(Cl)s1)c1ccncn1. The molecule has 0 aliphatic heterocycles. The van der Waals surface area contributed by atoms with Gasteiger partial charge in [0, 0.05) is 17.5 Å². The van der Waals surface area contributed by atoms with Crippen LogP contribution < -0.4 is 5.32 Å². The Bertz CT molecular complexity index is 458. The van der Waals surface area contributed by atoms with Gasteiger partial charge in [0.05, 0.1) is 16.1 Å². The molecule has 0 amide bonds. The van der Waals surface area contributed by atoms with E-state index in [0.29, 0.717) is 0 Å². The van der Waals surface area contributed by atoms with Gasteiger partial charge in [0.15, 0.2) is 0 Å². The summed E-state index contributed by atoms with van der Waals surface area (Å²) in [5.74, 6) is 0. The number of rotatable bonds is 5. The van der Waals surface area contributed by atoms with Gasteiger partial charge < -0.3 is 5.32 Å². The maximum absolute atomic E-state index is 5.94. The first-order valence-electron chi connectivity index (χ1n) is 5.53. The molecule has 0 aromatic carbocycles. The first-order valence-corrected chi connectivity index (χ1v) is 6.72. The largest absolute Gasteiger partial charge is 0.309 e. The Hall–Kier alpha value is -0.970. The maximum atomic E-state index is 5.94. The van der Waals surface area contributed by atoms with Crippen LogP contribution in [-0.4, -0.2) is 16.5 Å². The molecule has 3 nitrogen and oxygen atoms in total. The molecule has 17 heavy (non-hydrogen) atoms. The van der Waals surface area contributed by atoms with Crippen molar-refractivity contribution in [3.63, 3.8) is 0 Å². The van der Waals surface area contributed by atoms with E-state index in [0.717, 1.165) is 23.0 Å². The molecule has 0 fully saturated rings. The van der Waals surface area contributed by atoms with Gasteiger partial charge in [0.1, 0.15) is 6.33 Å². The van der Waals surface area contributed by atoms with Crippen molar-refractivity contribution >= 4 is 22.9 Å². The van der Waals surface area contributed by atoms with Crippen LogP contribution in [0.5, 0.6) is 0 Å². The van der Waals surface area contributed by atoms with Crippen LogP contribution in [0.2, 0.25) is 4.34 Å². The van der Waals surface area contributed by atoms with Crippen LogP contribution in [0.3, 0.4) is 0 Å². The molecular weight excluding hydrogens is 254 g/mol. The highest BCUT2D eigenvalue weighted by molar-refractivity contribution is 7.16. The molecule has 0 saturated heterocycles. The molecular formula is C12H14ClN3S. The summed E-state index contributed by atoms with van der Waals surface area (Å²) in [6, 6.07) is 6.17. The van der Waals surface area contributed by atoms with E-state index in [1.165, 1.54) is 4.88 Å². The topological polar surface area (TPSA) is 37.8 Å². The Kier molecular flexibility index (Phi) is 4.48. The van der Waals surface area contributed by atoms with Crippen molar-refractivity contribution in [2.75, 3.05) is 6.54 Å². The van der Waals surface area contributed by atoms with Gasteiger partial charge in [0.2, 0.25) is 0 Å². The predicted octanol–water partition coefficient (Wildman–Crippen LogP) is 3.08. The summed E-state index contributed by atoms with van der Waals surface area (Å²) in [5, 5.41) is 3.43. The molecule has 0 spiro atoms. The number of nitrogens with one attached hydrogen (secondary N) is 1. The molecule has 90 valence electrons. The van der Waals surface area contributed by atoms with Gasteiger partial charge in [-0.2, -0.15) is 0 Å². The lowest BCUT2D eigenvalue weighted by molar-refractivity contribution is 0.539. The highest BCUT2D eigenvalue weighted by Gasteiger charge is 2.13. The van der Waals surface area contributed by atoms with Crippen molar-refractivity contribution in [2.45, 2.75) is 19.4 Å². The van der Waals surface area contributed by atoms with Crippen LogP contribution in [0.25, 0.3) is 0 Å². The Labute approximate surface area is 110 Å². The third kappa shape index (κ3) is 3.49. The quantitative estimate of drug-likeness (QED) is 0.905. The summed E-state index contributed by atoms with van der Waals surface area (Å²) < 4.78 is 0.831. The van der Waals surface area contributed by atoms with E-state index in [1.807, 2.05) is 12.1 Å². The monoisotopic (exact) mass is 267 g/mol. The molecule has 2 rings (SSSR count). The van der Waals surface area contributed by atoms with E-state index in [9.17, 15) is 0 Å². The number of likely N-dealkylation sites (N-methyl/N-ethyl adjacent to an activating group) is 1. The van der Waals surface area contributed by atoms with Crippen LogP contribution in [0.1, 0.15) is 23.5 Å². The van der Waals surface area contributed by atoms with Crippen molar-refractivity contribution in [2.24, 2.45) is 0 Å². The summed E-state index contributed by atoms with van der Waals surface area (Å²) in [5.41, 5.74) is 1.02. The molecule has 5 heteroatoms. The number of halogens is 1. The Morgan fingerprint density at radius 1 is 1.41 bits per heavy atom. The van der Waals surface area contributed by atoms with E-state index >= 15 is 0 Å². The number of hydrogen-bond donors (Lipinski definition) is 1. The van der Waals surface area contributed by atoms with Gasteiger partial charge in [-0.05, 0) is 24.7 Å². The molecule has 1 N–H and O–H groups in total. The molecule has 0 bridgehead atoms. The standard InChI is InChI=1S/C12H14ClN3S/c1-2-15-11(10-5-6-14-8-16-10)7-9-3-4-12(13)17-9/h3-6,8,11,15H,2,7H2,1H3. The predicted molar refractivity (Wildman–Crippen MR) is 71.5 cm³/mol. The van der Waals surface area contributed by atoms with Crippen LogP contribution >= 0.6 is 22.9 Å². The fourth-order valence-corrected chi connectivity index (χ4v) is 2.83. The summed E-state index contributed by atoms with van der Waals surface area (Å²) >= 11 is 7.56. The van der Waals surface area contributed by atoms with Crippen LogP contribution in [-0.2, 0) is 6.42 Å². The fraction of sp³-hybridized carbons (Fsp3) is 0.333. The zero-order chi connectivity index (χ0) is 12.1. The van der Waals surface area contributed by atoms with E-state index in [-0.39, 0.29) is 6.04 Å². The van der Waals surface area contributed by atoms with Gasteiger partial charge in [-0.3, -0.25) is 0 Å². The van der Waals surface area contributed by atoms with Gasteiger partial charge >= 0.3 is 0 Å². The minimum absolute atomic E-state index is 0.220. The normalized spacial score (nSPS) is 12.6. The van der Waals surface area contributed by atoms with Crippen LogP contribution in [0.4, 0.5) is 0 Å². The van der Waals surface area contributed by atoms with E-state index < -0.39 is 0 Å². The first-order chi connectivity index (χ1) is 8.29. The summed E-state index contributed by atoms with van der Waals surface area (Å²) in [7, 11) is 0. The highest BCUT2D eigenvalue weighted by atomic mass is 35.5. The van der Waals surface area contributed by atoms with Gasteiger partial charge in [0.25, 0.3) is 0 Å². The Morgan fingerprint density at radius 2 is 2.29 bits per heavy atom. The van der Waals surface area contributed by atoms with Gasteiger partial charge in [-0.15, -0.1) is 11.3 Å². The van der Waals surface area contributed by atoms with Gasteiger partial charge in [-0.25, -0.2) is 9.97 Å². The average Bonchev–Trinajstić information content (AvgIpc) is 2.75. The van der Waals surface area contributed by atoms with Crippen molar-refractivity contribution in [1.82, 2.24) is 15.3 Å². The van der Waals surface area contributed by atoms with E-state index in [4.69, 9.17) is 11.6 Å². The van der Waals surface area contributed by atoms with Crippen molar-refractivity contribution in [3.05, 3.63) is 45.6 Å². The molecule has 1 unspecified atom stereocenters. The number of thiophene rings is 1. The van der Waals surface area contributed by atoms with Crippen LogP contribution in [0.15, 0.2) is 30.7 Å². The maximum Gasteiger partial charge on any atom is 0.115 e. The summed E-state index contributed by atoms with van der Waals surface area (Å²) in [4.78, 5) is 9.50. The molecule has 2 aromatic heterocycles. The zero-order valence-corrected chi connectivity index (χ0v) is 11.1. The van der Waals surface area contributed by atoms with Crippen LogP contribution in [0, 0.1) is 0 Å². The van der Waals surface area contributed by atoms with E-state index in [1.54, 1.807) is 23.9 Å². The molecule has 0 aliphatic carbocycles. The Balaban J connectivity index is 2.13. The molecule has 0 saturated carbocycles. The molecule has 0 radical (unpaired) electrons. The van der Waals surface area contributed by atoms with Crippen molar-refractivity contribution in [1.29, 1.82) is 0 Å². The first kappa shape index (κ1) is 12.5. The van der Waals surface area contributed by atoms with Gasteiger partial charge in [-0.1, -0.05) is 18.5 Å². The van der Waals surface area contributed by atoms with Crippen molar-refractivity contribution < 1.29 is 0 Å². The minimum atomic E-state index is 0.220. The number of aromatic nitrogens is 2. The third-order valence-electron chi connectivity index (χ3n) is 2.45. The Morgan fingerprint density at radius 3 is 2.88 bits per heavy atom. The lowest BCUT2D eigenvalue weighted by atomic mass is 10.1. The summed E-state index contributed by atoms with van der Waals surface area (Å²) in [6.45, 7) is 3.00. The second-order valence-corrected chi connectivity index (χ2v) is 5.45. The molecule has 0 aliphatic rings. The highest BCUT2D eigenvalue weighted by Crippen LogP contribution is 2.25. The smallest absolute Gasteiger partial charge is 0.115 e. The van der Waals surface area contributed by atoms with Crippen molar-refractivity contribution in [3.8, 4) is 0 Å². The average molecular weight is 268 g/mol.